The number of H-pyrrole nitrogens is 1. The van der Waals surface area contributed by atoms with E-state index in [4.69, 9.17) is 4.74 Å². The molecule has 0 amide bonds. The third-order valence-corrected chi connectivity index (χ3v) is 6.19. The summed E-state index contributed by atoms with van der Waals surface area (Å²) in [6.45, 7) is 5.69. The van der Waals surface area contributed by atoms with Crippen molar-refractivity contribution in [1.29, 1.82) is 0 Å². The van der Waals surface area contributed by atoms with E-state index in [1.54, 1.807) is 13.8 Å². The van der Waals surface area contributed by atoms with E-state index in [2.05, 4.69) is 10.2 Å². The largest absolute Gasteiger partial charge is 0.462 e. The molecule has 26 heavy (non-hydrogen) atoms. The Kier molecular flexibility index (Phi) is 5.15. The van der Waals surface area contributed by atoms with Crippen LogP contribution in [0.4, 0.5) is 0 Å². The van der Waals surface area contributed by atoms with Gasteiger partial charge in [0.2, 0.25) is 5.03 Å². The number of esters is 1. The Morgan fingerprint density at radius 3 is 2.50 bits per heavy atom. The zero-order valence-electron chi connectivity index (χ0n) is 15.2. The van der Waals surface area contributed by atoms with Gasteiger partial charge in [-0.15, -0.1) is 0 Å². The highest BCUT2D eigenvalue weighted by Gasteiger charge is 2.41. The molecule has 0 aliphatic heterocycles. The summed E-state index contributed by atoms with van der Waals surface area (Å²) in [5, 5.41) is 6.28. The second-order valence-corrected chi connectivity index (χ2v) is 8.32. The molecule has 0 atom stereocenters. The van der Waals surface area contributed by atoms with Gasteiger partial charge in [0, 0.05) is 18.3 Å². The first kappa shape index (κ1) is 18.6. The van der Waals surface area contributed by atoms with Crippen molar-refractivity contribution in [3.8, 4) is 0 Å². The molecule has 1 heterocycles. The maximum atomic E-state index is 13.3. The first-order valence-electron chi connectivity index (χ1n) is 8.64. The maximum absolute atomic E-state index is 13.3. The van der Waals surface area contributed by atoms with Crippen LogP contribution in [0, 0.1) is 13.8 Å². The van der Waals surface area contributed by atoms with Gasteiger partial charge in [0.05, 0.1) is 6.61 Å². The van der Waals surface area contributed by atoms with E-state index in [0.717, 1.165) is 24.0 Å². The Hall–Kier alpha value is -2.19. The lowest BCUT2D eigenvalue weighted by Crippen LogP contribution is -2.34. The van der Waals surface area contributed by atoms with Crippen LogP contribution in [0.3, 0.4) is 0 Å². The first-order valence-corrected chi connectivity index (χ1v) is 10.1. The maximum Gasteiger partial charge on any atom is 0.343 e. The number of ether oxygens (including phenoxy) is 1. The molecule has 0 unspecified atom stereocenters. The van der Waals surface area contributed by atoms with Gasteiger partial charge < -0.3 is 4.74 Å². The standard InChI is InChI=1S/C18H23N3O4S/c1-4-25-18(22)16-13(3)19-20-17(16)26(23,24)21(15-9-10-15)11-14-7-5-12(2)6-8-14/h5-8,15H,4,9-11H2,1-3H3,(H,19,20). The quantitative estimate of drug-likeness (QED) is 0.749. The molecule has 1 saturated carbocycles. The number of hydrogen-bond acceptors (Lipinski definition) is 5. The van der Waals surface area contributed by atoms with E-state index in [1.807, 2.05) is 31.2 Å². The lowest BCUT2D eigenvalue weighted by molar-refractivity contribution is 0.0520. The number of aryl methyl sites for hydroxylation is 2. The minimum atomic E-state index is -3.93. The molecule has 0 spiro atoms. The molecule has 0 saturated heterocycles. The molecule has 7 nitrogen and oxygen atoms in total. The lowest BCUT2D eigenvalue weighted by atomic mass is 10.1. The Morgan fingerprint density at radius 2 is 1.92 bits per heavy atom. The van der Waals surface area contributed by atoms with Gasteiger partial charge in [0.25, 0.3) is 10.0 Å². The molecular weight excluding hydrogens is 354 g/mol. The van der Waals surface area contributed by atoms with Gasteiger partial charge >= 0.3 is 5.97 Å². The summed E-state index contributed by atoms with van der Waals surface area (Å²) in [4.78, 5) is 12.2. The smallest absolute Gasteiger partial charge is 0.343 e. The topological polar surface area (TPSA) is 92.4 Å². The summed E-state index contributed by atoms with van der Waals surface area (Å²) in [7, 11) is -3.93. The first-order chi connectivity index (χ1) is 12.3. The molecule has 2 aromatic rings. The van der Waals surface area contributed by atoms with Gasteiger partial charge in [-0.3, -0.25) is 5.10 Å². The molecule has 1 aromatic carbocycles. The number of aromatic amines is 1. The Bertz CT molecular complexity index is 899. The third kappa shape index (κ3) is 3.66. The van der Waals surface area contributed by atoms with E-state index < -0.39 is 16.0 Å². The van der Waals surface area contributed by atoms with E-state index >= 15 is 0 Å². The van der Waals surface area contributed by atoms with Gasteiger partial charge in [-0.2, -0.15) is 9.40 Å². The van der Waals surface area contributed by atoms with Gasteiger partial charge in [-0.05, 0) is 39.2 Å². The molecule has 8 heteroatoms. The summed E-state index contributed by atoms with van der Waals surface area (Å²) in [6.07, 6.45) is 1.62. The summed E-state index contributed by atoms with van der Waals surface area (Å²) in [6, 6.07) is 7.68. The van der Waals surface area contributed by atoms with Crippen molar-refractivity contribution in [2.24, 2.45) is 0 Å². The van der Waals surface area contributed by atoms with Crippen LogP contribution in [0.2, 0.25) is 0 Å². The van der Waals surface area contributed by atoms with Crippen molar-refractivity contribution in [3.63, 3.8) is 0 Å². The molecule has 1 aromatic heterocycles. The van der Waals surface area contributed by atoms with Crippen molar-refractivity contribution >= 4 is 16.0 Å². The van der Waals surface area contributed by atoms with Crippen LogP contribution in [-0.4, -0.2) is 41.5 Å². The van der Waals surface area contributed by atoms with Crippen LogP contribution >= 0.6 is 0 Å². The van der Waals surface area contributed by atoms with Gasteiger partial charge in [-0.25, -0.2) is 13.2 Å². The average molecular weight is 377 g/mol. The molecule has 1 aliphatic carbocycles. The molecule has 1 fully saturated rings. The fourth-order valence-corrected chi connectivity index (χ4v) is 4.59. The Labute approximate surface area is 153 Å². The van der Waals surface area contributed by atoms with Crippen molar-refractivity contribution in [1.82, 2.24) is 14.5 Å². The zero-order valence-corrected chi connectivity index (χ0v) is 16.0. The zero-order chi connectivity index (χ0) is 18.9. The number of carbonyl (C=O) groups is 1. The van der Waals surface area contributed by atoms with Gasteiger partial charge in [-0.1, -0.05) is 29.8 Å². The minimum absolute atomic E-state index is 0.0126. The molecule has 1 N–H and O–H groups in total. The molecule has 0 bridgehead atoms. The number of aromatic nitrogens is 2. The molecule has 3 rings (SSSR count). The predicted octanol–water partition coefficient (Wildman–Crippen LogP) is 2.56. The van der Waals surface area contributed by atoms with Crippen LogP contribution in [0.25, 0.3) is 0 Å². The normalized spacial score (nSPS) is 14.6. The Morgan fingerprint density at radius 1 is 1.27 bits per heavy atom. The summed E-state index contributed by atoms with van der Waals surface area (Å²) in [5.74, 6) is -0.677. The summed E-state index contributed by atoms with van der Waals surface area (Å²) in [5.41, 5.74) is 2.38. The second kappa shape index (κ2) is 7.20. The van der Waals surface area contributed by atoms with Crippen molar-refractivity contribution in [3.05, 3.63) is 46.6 Å². The number of sulfonamides is 1. The minimum Gasteiger partial charge on any atom is -0.462 e. The number of rotatable bonds is 7. The van der Waals surface area contributed by atoms with Gasteiger partial charge in [0.15, 0.2) is 0 Å². The molecular formula is C18H23N3O4S. The number of nitrogens with one attached hydrogen (secondary N) is 1. The predicted molar refractivity (Wildman–Crippen MR) is 96.2 cm³/mol. The summed E-state index contributed by atoms with van der Waals surface area (Å²) < 4.78 is 33.0. The molecule has 140 valence electrons. The van der Waals surface area contributed by atoms with E-state index in [-0.39, 0.29) is 29.8 Å². The highest BCUT2D eigenvalue weighted by molar-refractivity contribution is 7.89. The Balaban J connectivity index is 1.97. The van der Waals surface area contributed by atoms with E-state index in [9.17, 15) is 13.2 Å². The van der Waals surface area contributed by atoms with Gasteiger partial charge in [0.1, 0.15) is 5.56 Å². The van der Waals surface area contributed by atoms with E-state index in [1.165, 1.54) is 4.31 Å². The highest BCUT2D eigenvalue weighted by atomic mass is 32.2. The number of hydrogen-bond donors (Lipinski definition) is 1. The second-order valence-electron chi connectivity index (χ2n) is 6.52. The average Bonchev–Trinajstić information content (AvgIpc) is 3.35. The number of carbonyl (C=O) groups excluding carboxylic acids is 1. The summed E-state index contributed by atoms with van der Waals surface area (Å²) >= 11 is 0. The van der Waals surface area contributed by atoms with Crippen LogP contribution in [0.1, 0.15) is 46.9 Å². The molecule has 1 aliphatic rings. The fraction of sp³-hybridized carbons (Fsp3) is 0.444. The SMILES string of the molecule is CCOC(=O)c1c(S(=O)(=O)N(Cc2ccc(C)cc2)C2CC2)n[nH]c1C. The van der Waals surface area contributed by atoms with Crippen LogP contribution in [-0.2, 0) is 21.3 Å². The van der Waals surface area contributed by atoms with Crippen LogP contribution in [0.5, 0.6) is 0 Å². The fourth-order valence-electron chi connectivity index (χ4n) is 2.79. The van der Waals surface area contributed by atoms with Crippen molar-refractivity contribution < 1.29 is 17.9 Å². The highest BCUT2D eigenvalue weighted by Crippen LogP contribution is 2.34. The third-order valence-electron chi connectivity index (χ3n) is 4.36. The van der Waals surface area contributed by atoms with E-state index in [0.29, 0.717) is 5.69 Å². The number of nitrogens with zero attached hydrogens (tertiary/aromatic N) is 2. The van der Waals surface area contributed by atoms with Crippen molar-refractivity contribution in [2.45, 2.75) is 51.2 Å². The number of benzene rings is 1. The molecule has 0 radical (unpaired) electrons. The van der Waals surface area contributed by atoms with Crippen LogP contribution < -0.4 is 0 Å². The van der Waals surface area contributed by atoms with Crippen LogP contribution in [0.15, 0.2) is 29.3 Å². The lowest BCUT2D eigenvalue weighted by Gasteiger charge is -2.21. The van der Waals surface area contributed by atoms with Crippen molar-refractivity contribution in [2.75, 3.05) is 6.61 Å². The monoisotopic (exact) mass is 377 g/mol.